The number of nitrogens with one attached hydrogen (secondary N) is 2. The minimum absolute atomic E-state index is 0.0632. The molecular weight excluding hydrogens is 428 g/mol. The monoisotopic (exact) mass is 456 g/mol. The molecule has 7 heteroatoms. The molecule has 0 spiro atoms. The highest BCUT2D eigenvalue weighted by molar-refractivity contribution is 6.11. The number of aryl methyl sites for hydroxylation is 2. The lowest BCUT2D eigenvalue weighted by atomic mass is 10.1. The molecule has 0 saturated carbocycles. The van der Waals surface area contributed by atoms with Gasteiger partial charge in [-0.1, -0.05) is 36.4 Å². The fourth-order valence-corrected chi connectivity index (χ4v) is 4.00. The molecule has 0 radical (unpaired) electrons. The topological polar surface area (TPSA) is 84.7 Å². The van der Waals surface area contributed by atoms with Crippen molar-refractivity contribution in [3.63, 3.8) is 0 Å². The zero-order valence-electron chi connectivity index (χ0n) is 19.6. The lowest BCUT2D eigenvalue weighted by Gasteiger charge is -2.08. The molecule has 0 unspecified atom stereocenters. The Morgan fingerprint density at radius 1 is 0.941 bits per heavy atom. The molecule has 4 rings (SSSR count). The number of carbonyl (C=O) groups excluding carboxylic acids is 2. The van der Waals surface area contributed by atoms with Crippen LogP contribution in [0.3, 0.4) is 0 Å². The van der Waals surface area contributed by atoms with E-state index in [1.54, 1.807) is 13.0 Å². The molecule has 1 heterocycles. The van der Waals surface area contributed by atoms with E-state index in [1.807, 2.05) is 55.5 Å². The number of nitrogens with zero attached hydrogens (tertiary/aromatic N) is 2. The predicted octanol–water partition coefficient (Wildman–Crippen LogP) is 5.02. The molecule has 0 aliphatic rings. The Morgan fingerprint density at radius 3 is 2.47 bits per heavy atom. The SMILES string of the molecule is CCn1c2ccccc2c2cc(NC(=O)C/C(C)=N\NC(=O)COc3ccccc3C)ccc21. The molecule has 2 N–H and O–H groups in total. The van der Waals surface area contributed by atoms with Gasteiger partial charge in [-0.15, -0.1) is 0 Å². The molecule has 0 aliphatic heterocycles. The minimum atomic E-state index is -0.388. The molecule has 34 heavy (non-hydrogen) atoms. The number of rotatable bonds is 8. The number of hydrogen-bond donors (Lipinski definition) is 2. The third-order valence-electron chi connectivity index (χ3n) is 5.61. The number of benzene rings is 3. The highest BCUT2D eigenvalue weighted by Crippen LogP contribution is 2.31. The molecule has 0 aliphatic carbocycles. The number of anilines is 1. The van der Waals surface area contributed by atoms with Crippen LogP contribution in [-0.4, -0.2) is 28.7 Å². The molecule has 0 atom stereocenters. The highest BCUT2D eigenvalue weighted by atomic mass is 16.5. The van der Waals surface area contributed by atoms with Gasteiger partial charge in [-0.05, 0) is 56.7 Å². The third kappa shape index (κ3) is 5.09. The zero-order valence-corrected chi connectivity index (χ0v) is 19.6. The van der Waals surface area contributed by atoms with Crippen LogP contribution in [0, 0.1) is 6.92 Å². The molecule has 4 aromatic rings. The van der Waals surface area contributed by atoms with E-state index in [1.165, 1.54) is 5.52 Å². The van der Waals surface area contributed by atoms with Crippen LogP contribution in [0.1, 0.15) is 25.8 Å². The van der Waals surface area contributed by atoms with Crippen LogP contribution in [0.5, 0.6) is 5.75 Å². The summed E-state index contributed by atoms with van der Waals surface area (Å²) in [7, 11) is 0. The molecule has 3 aromatic carbocycles. The minimum Gasteiger partial charge on any atom is -0.483 e. The number of aromatic nitrogens is 1. The number of hydrogen-bond acceptors (Lipinski definition) is 4. The van der Waals surface area contributed by atoms with Crippen LogP contribution in [-0.2, 0) is 16.1 Å². The summed E-state index contributed by atoms with van der Waals surface area (Å²) in [4.78, 5) is 24.6. The Kier molecular flexibility index (Phi) is 6.92. The second-order valence-electron chi connectivity index (χ2n) is 8.15. The van der Waals surface area contributed by atoms with Crippen LogP contribution in [0.2, 0.25) is 0 Å². The Labute approximate surface area is 198 Å². The molecule has 0 bridgehead atoms. The van der Waals surface area contributed by atoms with E-state index in [-0.39, 0.29) is 24.8 Å². The van der Waals surface area contributed by atoms with Crippen LogP contribution in [0.4, 0.5) is 5.69 Å². The maximum absolute atomic E-state index is 12.5. The summed E-state index contributed by atoms with van der Waals surface area (Å²) in [5, 5.41) is 9.20. The van der Waals surface area contributed by atoms with Gasteiger partial charge in [0.15, 0.2) is 6.61 Å². The smallest absolute Gasteiger partial charge is 0.277 e. The van der Waals surface area contributed by atoms with E-state index < -0.39 is 0 Å². The molecule has 0 fully saturated rings. The molecular formula is C27H28N4O3. The van der Waals surface area contributed by atoms with Gasteiger partial charge >= 0.3 is 0 Å². The first kappa shape index (κ1) is 23.0. The van der Waals surface area contributed by atoms with E-state index in [4.69, 9.17) is 4.74 Å². The second kappa shape index (κ2) is 10.2. The summed E-state index contributed by atoms with van der Waals surface area (Å²) in [5.74, 6) is 0.0581. The first-order valence-electron chi connectivity index (χ1n) is 11.3. The predicted molar refractivity (Wildman–Crippen MR) is 136 cm³/mol. The van der Waals surface area contributed by atoms with Crippen molar-refractivity contribution in [3.05, 3.63) is 72.3 Å². The number of carbonyl (C=O) groups is 2. The lowest BCUT2D eigenvalue weighted by molar-refractivity contribution is -0.123. The number of ether oxygens (including phenoxy) is 1. The summed E-state index contributed by atoms with van der Waals surface area (Å²) in [6.07, 6.45) is 0.0632. The number of amides is 2. The third-order valence-corrected chi connectivity index (χ3v) is 5.61. The zero-order chi connectivity index (χ0) is 24.1. The average molecular weight is 457 g/mol. The van der Waals surface area contributed by atoms with Gasteiger partial charge in [0.2, 0.25) is 5.91 Å². The number of hydrazone groups is 1. The fraction of sp³-hybridized carbons (Fsp3) is 0.222. The first-order valence-corrected chi connectivity index (χ1v) is 11.3. The standard InChI is InChI=1S/C27H28N4O3/c1-4-31-23-11-7-6-10-21(23)22-16-20(13-14-24(22)31)28-26(32)15-19(3)29-30-27(33)17-34-25-12-8-5-9-18(25)2/h5-14,16H,4,15,17H2,1-3H3,(H,28,32)(H,30,33)/b29-19-. The molecule has 7 nitrogen and oxygen atoms in total. The van der Waals surface area contributed by atoms with Crippen molar-refractivity contribution in [3.8, 4) is 5.75 Å². The Morgan fingerprint density at radius 2 is 1.68 bits per heavy atom. The lowest BCUT2D eigenvalue weighted by Crippen LogP contribution is -2.26. The van der Waals surface area contributed by atoms with Crippen molar-refractivity contribution < 1.29 is 14.3 Å². The van der Waals surface area contributed by atoms with Gasteiger partial charge in [0.1, 0.15) is 5.75 Å². The maximum Gasteiger partial charge on any atom is 0.277 e. The van der Waals surface area contributed by atoms with Gasteiger partial charge in [-0.25, -0.2) is 5.43 Å². The number of para-hydroxylation sites is 2. The van der Waals surface area contributed by atoms with Gasteiger partial charge in [-0.3, -0.25) is 9.59 Å². The van der Waals surface area contributed by atoms with Crippen molar-refractivity contribution in [2.24, 2.45) is 5.10 Å². The van der Waals surface area contributed by atoms with Crippen molar-refractivity contribution >= 4 is 45.0 Å². The van der Waals surface area contributed by atoms with Gasteiger partial charge < -0.3 is 14.6 Å². The summed E-state index contributed by atoms with van der Waals surface area (Å²) in [6.45, 7) is 6.44. The van der Waals surface area contributed by atoms with Crippen molar-refractivity contribution in [1.29, 1.82) is 0 Å². The first-order chi connectivity index (χ1) is 16.5. The van der Waals surface area contributed by atoms with Crippen molar-refractivity contribution in [2.75, 3.05) is 11.9 Å². The van der Waals surface area contributed by atoms with Crippen molar-refractivity contribution in [2.45, 2.75) is 33.7 Å². The number of fused-ring (bicyclic) bond motifs is 3. The van der Waals surface area contributed by atoms with Gasteiger partial charge in [-0.2, -0.15) is 5.10 Å². The van der Waals surface area contributed by atoms with Gasteiger partial charge in [0, 0.05) is 39.7 Å². The largest absolute Gasteiger partial charge is 0.483 e. The fourth-order valence-electron chi connectivity index (χ4n) is 4.00. The van der Waals surface area contributed by atoms with E-state index >= 15 is 0 Å². The van der Waals surface area contributed by atoms with E-state index in [0.29, 0.717) is 11.5 Å². The van der Waals surface area contributed by atoms with Crippen LogP contribution < -0.4 is 15.5 Å². The summed E-state index contributed by atoms with van der Waals surface area (Å²) in [5.41, 5.74) is 6.91. The van der Waals surface area contributed by atoms with E-state index in [2.05, 4.69) is 39.5 Å². The average Bonchev–Trinajstić information content (AvgIpc) is 3.15. The van der Waals surface area contributed by atoms with Crippen molar-refractivity contribution in [1.82, 2.24) is 9.99 Å². The van der Waals surface area contributed by atoms with E-state index in [0.717, 1.165) is 34.1 Å². The highest BCUT2D eigenvalue weighted by Gasteiger charge is 2.11. The Balaban J connectivity index is 1.35. The van der Waals surface area contributed by atoms with Gasteiger partial charge in [0.25, 0.3) is 5.91 Å². The summed E-state index contributed by atoms with van der Waals surface area (Å²) in [6, 6.07) is 21.7. The molecule has 2 amide bonds. The Bertz CT molecular complexity index is 1390. The Hall–Kier alpha value is -4.13. The molecule has 1 aromatic heterocycles. The maximum atomic E-state index is 12.5. The van der Waals surface area contributed by atoms with Crippen LogP contribution >= 0.6 is 0 Å². The summed E-state index contributed by atoms with van der Waals surface area (Å²) < 4.78 is 7.77. The molecule has 174 valence electrons. The normalized spacial score (nSPS) is 11.6. The quantitative estimate of drug-likeness (QED) is 0.288. The van der Waals surface area contributed by atoms with Gasteiger partial charge in [0.05, 0.1) is 6.42 Å². The van der Waals surface area contributed by atoms with E-state index in [9.17, 15) is 9.59 Å². The molecule has 0 saturated heterocycles. The van der Waals surface area contributed by atoms with Crippen LogP contribution in [0.15, 0.2) is 71.8 Å². The second-order valence-corrected chi connectivity index (χ2v) is 8.15. The summed E-state index contributed by atoms with van der Waals surface area (Å²) >= 11 is 0. The van der Waals surface area contributed by atoms with Crippen LogP contribution in [0.25, 0.3) is 21.8 Å².